The molecule has 0 spiro atoms. The van der Waals surface area contributed by atoms with Crippen LogP contribution in [0.4, 0.5) is 0 Å². The summed E-state index contributed by atoms with van der Waals surface area (Å²) < 4.78 is 15.4. The van der Waals surface area contributed by atoms with Gasteiger partial charge in [0.2, 0.25) is 5.91 Å². The van der Waals surface area contributed by atoms with Crippen molar-refractivity contribution in [1.82, 2.24) is 10.6 Å². The second kappa shape index (κ2) is 7.88. The third kappa shape index (κ3) is 4.26. The first kappa shape index (κ1) is 16.4. The summed E-state index contributed by atoms with van der Waals surface area (Å²) in [6.07, 6.45) is 1.53. The molecule has 0 atom stereocenters. The van der Waals surface area contributed by atoms with Gasteiger partial charge in [0.05, 0.1) is 33.6 Å². The van der Waals surface area contributed by atoms with Gasteiger partial charge in [-0.2, -0.15) is 0 Å². The van der Waals surface area contributed by atoms with E-state index < -0.39 is 5.91 Å². The molecule has 7 nitrogen and oxygen atoms in total. The van der Waals surface area contributed by atoms with Gasteiger partial charge >= 0.3 is 0 Å². The number of hydrogen-bond donors (Lipinski definition) is 2. The molecule has 7 heteroatoms. The maximum atomic E-state index is 12.3. The zero-order valence-electron chi connectivity index (χ0n) is 12.9. The topological polar surface area (TPSA) is 89.8 Å². The maximum Gasteiger partial charge on any atom is 0.259 e. The molecule has 0 aliphatic heterocycles. The van der Waals surface area contributed by atoms with E-state index >= 15 is 0 Å². The van der Waals surface area contributed by atoms with E-state index in [9.17, 15) is 9.59 Å². The van der Waals surface area contributed by atoms with Gasteiger partial charge < -0.3 is 24.5 Å². The van der Waals surface area contributed by atoms with Crippen molar-refractivity contribution in [1.29, 1.82) is 0 Å². The summed E-state index contributed by atoms with van der Waals surface area (Å²) >= 11 is 0. The van der Waals surface area contributed by atoms with Crippen molar-refractivity contribution in [2.45, 2.75) is 6.54 Å². The van der Waals surface area contributed by atoms with Crippen LogP contribution in [0.2, 0.25) is 0 Å². The predicted octanol–water partition coefficient (Wildman–Crippen LogP) is 1.34. The van der Waals surface area contributed by atoms with E-state index in [4.69, 9.17) is 13.9 Å². The van der Waals surface area contributed by atoms with Gasteiger partial charge in [-0.3, -0.25) is 9.59 Å². The number of carbonyl (C=O) groups is 2. The van der Waals surface area contributed by atoms with Crippen molar-refractivity contribution < 1.29 is 23.5 Å². The maximum absolute atomic E-state index is 12.3. The van der Waals surface area contributed by atoms with E-state index in [-0.39, 0.29) is 24.6 Å². The molecule has 23 heavy (non-hydrogen) atoms. The first-order valence-electron chi connectivity index (χ1n) is 6.94. The van der Waals surface area contributed by atoms with Crippen molar-refractivity contribution >= 4 is 11.8 Å². The lowest BCUT2D eigenvalue weighted by molar-refractivity contribution is -0.120. The molecule has 2 rings (SSSR count). The molecule has 2 aromatic rings. The van der Waals surface area contributed by atoms with Crippen LogP contribution in [0.25, 0.3) is 0 Å². The highest BCUT2D eigenvalue weighted by atomic mass is 16.5. The predicted molar refractivity (Wildman–Crippen MR) is 82.4 cm³/mol. The lowest BCUT2D eigenvalue weighted by atomic mass is 10.1. The van der Waals surface area contributed by atoms with Gasteiger partial charge in [0.15, 0.2) is 0 Å². The van der Waals surface area contributed by atoms with Crippen molar-refractivity contribution in [2.75, 3.05) is 20.8 Å². The molecule has 1 aromatic carbocycles. The van der Waals surface area contributed by atoms with Crippen LogP contribution in [0.1, 0.15) is 16.1 Å². The fraction of sp³-hybridized carbons (Fsp3) is 0.250. The van der Waals surface area contributed by atoms with Crippen LogP contribution in [0.5, 0.6) is 11.5 Å². The fourth-order valence-electron chi connectivity index (χ4n) is 1.99. The molecule has 2 N–H and O–H groups in total. The normalized spacial score (nSPS) is 10.0. The van der Waals surface area contributed by atoms with Crippen molar-refractivity contribution in [3.05, 3.63) is 47.9 Å². The number of benzene rings is 1. The molecular formula is C16H18N2O5. The van der Waals surface area contributed by atoms with Crippen LogP contribution < -0.4 is 20.1 Å². The zero-order chi connectivity index (χ0) is 16.7. The van der Waals surface area contributed by atoms with Gasteiger partial charge in [0.25, 0.3) is 5.91 Å². The molecule has 0 aliphatic rings. The number of furan rings is 1. The second-order valence-electron chi connectivity index (χ2n) is 4.58. The highest BCUT2D eigenvalue weighted by molar-refractivity contribution is 6.01. The van der Waals surface area contributed by atoms with Crippen LogP contribution in [0.15, 0.2) is 41.0 Å². The Bertz CT molecular complexity index is 645. The third-order valence-electron chi connectivity index (χ3n) is 3.10. The highest BCUT2D eigenvalue weighted by Gasteiger charge is 2.18. The van der Waals surface area contributed by atoms with Crippen molar-refractivity contribution in [2.24, 2.45) is 0 Å². The molecule has 0 fully saturated rings. The zero-order valence-corrected chi connectivity index (χ0v) is 12.9. The SMILES string of the molecule is COc1cccc(OC)c1C(=O)NCC(=O)NCc1ccco1. The van der Waals surface area contributed by atoms with Gasteiger partial charge in [0.1, 0.15) is 22.8 Å². The molecule has 122 valence electrons. The minimum Gasteiger partial charge on any atom is -0.496 e. The quantitative estimate of drug-likeness (QED) is 0.804. The second-order valence-corrected chi connectivity index (χ2v) is 4.58. The minimum atomic E-state index is -0.451. The van der Waals surface area contributed by atoms with Gasteiger partial charge in [0, 0.05) is 0 Å². The number of rotatable bonds is 7. The average Bonchev–Trinajstić information content (AvgIpc) is 3.10. The number of hydrogen-bond acceptors (Lipinski definition) is 5. The first-order valence-corrected chi connectivity index (χ1v) is 6.94. The van der Waals surface area contributed by atoms with E-state index in [0.29, 0.717) is 17.3 Å². The summed E-state index contributed by atoms with van der Waals surface area (Å²) in [4.78, 5) is 24.0. The number of nitrogens with one attached hydrogen (secondary N) is 2. The summed E-state index contributed by atoms with van der Waals surface area (Å²) in [7, 11) is 2.92. The molecule has 1 heterocycles. The van der Waals surface area contributed by atoms with E-state index in [1.165, 1.54) is 20.5 Å². The Balaban J connectivity index is 1.93. The highest BCUT2D eigenvalue weighted by Crippen LogP contribution is 2.27. The van der Waals surface area contributed by atoms with Crippen LogP contribution in [0, 0.1) is 0 Å². The van der Waals surface area contributed by atoms with Crippen molar-refractivity contribution in [3.63, 3.8) is 0 Å². The smallest absolute Gasteiger partial charge is 0.259 e. The summed E-state index contributed by atoms with van der Waals surface area (Å²) in [5, 5.41) is 5.18. The Morgan fingerprint density at radius 1 is 1.04 bits per heavy atom. The minimum absolute atomic E-state index is 0.166. The third-order valence-corrected chi connectivity index (χ3v) is 3.10. The standard InChI is InChI=1S/C16H18N2O5/c1-21-12-6-3-7-13(22-2)15(12)16(20)18-10-14(19)17-9-11-5-4-8-23-11/h3-8H,9-10H2,1-2H3,(H,17,19)(H,18,20). The van der Waals surface area contributed by atoms with Crippen molar-refractivity contribution in [3.8, 4) is 11.5 Å². The van der Waals surface area contributed by atoms with E-state index in [1.54, 1.807) is 30.3 Å². The summed E-state index contributed by atoms with van der Waals surface area (Å²) in [6, 6.07) is 8.49. The number of ether oxygens (including phenoxy) is 2. The van der Waals surface area contributed by atoms with E-state index in [0.717, 1.165) is 0 Å². The molecule has 1 aromatic heterocycles. The Hall–Kier alpha value is -2.96. The molecule has 0 aliphatic carbocycles. The van der Waals surface area contributed by atoms with E-state index in [1.807, 2.05) is 0 Å². The van der Waals surface area contributed by atoms with Gasteiger partial charge in [-0.25, -0.2) is 0 Å². The largest absolute Gasteiger partial charge is 0.496 e. The molecule has 0 radical (unpaired) electrons. The molecule has 0 unspecified atom stereocenters. The van der Waals surface area contributed by atoms with Crippen LogP contribution in [-0.4, -0.2) is 32.6 Å². The summed E-state index contributed by atoms with van der Waals surface area (Å²) in [5.41, 5.74) is 0.247. The molecule has 0 saturated carbocycles. The summed E-state index contributed by atoms with van der Waals surface area (Å²) in [6.45, 7) is 0.0976. The monoisotopic (exact) mass is 318 g/mol. The molecule has 0 bridgehead atoms. The Kier molecular flexibility index (Phi) is 5.62. The number of carbonyl (C=O) groups excluding carboxylic acids is 2. The van der Waals surface area contributed by atoms with E-state index in [2.05, 4.69) is 10.6 Å². The Morgan fingerprint density at radius 2 is 1.74 bits per heavy atom. The number of amides is 2. The Morgan fingerprint density at radius 3 is 2.30 bits per heavy atom. The number of methoxy groups -OCH3 is 2. The van der Waals surface area contributed by atoms with Crippen LogP contribution >= 0.6 is 0 Å². The molecule has 2 amide bonds. The summed E-state index contributed by atoms with van der Waals surface area (Å²) in [5.74, 6) is 0.600. The molecule has 0 saturated heterocycles. The fourth-order valence-corrected chi connectivity index (χ4v) is 1.99. The van der Waals surface area contributed by atoms with Crippen LogP contribution in [-0.2, 0) is 11.3 Å². The lowest BCUT2D eigenvalue weighted by Gasteiger charge is -2.12. The first-order chi connectivity index (χ1) is 11.2. The lowest BCUT2D eigenvalue weighted by Crippen LogP contribution is -2.36. The molecular weight excluding hydrogens is 300 g/mol. The van der Waals surface area contributed by atoms with Gasteiger partial charge in [-0.15, -0.1) is 0 Å². The Labute approximate surface area is 133 Å². The van der Waals surface area contributed by atoms with Crippen LogP contribution in [0.3, 0.4) is 0 Å². The average molecular weight is 318 g/mol. The van der Waals surface area contributed by atoms with Gasteiger partial charge in [-0.1, -0.05) is 6.07 Å². The van der Waals surface area contributed by atoms with Gasteiger partial charge in [-0.05, 0) is 24.3 Å².